The van der Waals surface area contributed by atoms with Crippen LogP contribution in [-0.4, -0.2) is 36.1 Å². The molecule has 1 heterocycles. The fourth-order valence-corrected chi connectivity index (χ4v) is 2.88. The summed E-state index contributed by atoms with van der Waals surface area (Å²) in [4.78, 5) is 0. The maximum Gasteiger partial charge on any atom is 0.150 e. The van der Waals surface area contributed by atoms with Crippen LogP contribution in [-0.2, 0) is 9.84 Å². The molecule has 5 heteroatoms. The van der Waals surface area contributed by atoms with Gasteiger partial charge in [0.05, 0.1) is 5.25 Å². The van der Waals surface area contributed by atoms with Crippen molar-refractivity contribution in [2.75, 3.05) is 19.3 Å². The summed E-state index contributed by atoms with van der Waals surface area (Å²) in [5.74, 6) is 0. The lowest BCUT2D eigenvalue weighted by molar-refractivity contribution is 0.404. The van der Waals surface area contributed by atoms with Crippen LogP contribution in [0.5, 0.6) is 0 Å². The van der Waals surface area contributed by atoms with E-state index in [1.165, 1.54) is 6.26 Å². The number of sulfone groups is 1. The van der Waals surface area contributed by atoms with Crippen LogP contribution in [0.25, 0.3) is 0 Å². The standard InChI is InChI=1S/C6H12INO2S/c1-11(9,10)6-2-4-8(7)5-3-6/h6H,2-5H2,1H3. The molecule has 0 unspecified atom stereocenters. The van der Waals surface area contributed by atoms with Gasteiger partial charge in [-0.1, -0.05) is 0 Å². The number of hydrogen-bond donors (Lipinski definition) is 0. The zero-order chi connectivity index (χ0) is 8.48. The number of piperidine rings is 1. The molecule has 0 saturated carbocycles. The Morgan fingerprint density at radius 1 is 1.36 bits per heavy atom. The Bertz CT molecular complexity index is 219. The van der Waals surface area contributed by atoms with Gasteiger partial charge in [0, 0.05) is 42.2 Å². The second-order valence-electron chi connectivity index (χ2n) is 2.94. The van der Waals surface area contributed by atoms with E-state index in [1.54, 1.807) is 0 Å². The topological polar surface area (TPSA) is 37.4 Å². The van der Waals surface area contributed by atoms with Gasteiger partial charge in [0.1, 0.15) is 9.84 Å². The lowest BCUT2D eigenvalue weighted by Gasteiger charge is -2.25. The third-order valence-corrected chi connectivity index (χ3v) is 4.64. The van der Waals surface area contributed by atoms with Crippen molar-refractivity contribution in [3.63, 3.8) is 0 Å². The van der Waals surface area contributed by atoms with Gasteiger partial charge in [-0.3, -0.25) is 0 Å². The fourth-order valence-electron chi connectivity index (χ4n) is 1.25. The Kier molecular flexibility index (Phi) is 3.16. The van der Waals surface area contributed by atoms with E-state index < -0.39 is 9.84 Å². The third kappa shape index (κ3) is 2.87. The average Bonchev–Trinajstić information content (AvgIpc) is 1.86. The second kappa shape index (κ2) is 3.57. The molecule has 3 nitrogen and oxygen atoms in total. The Hall–Kier alpha value is 0.640. The van der Waals surface area contributed by atoms with Crippen LogP contribution < -0.4 is 0 Å². The molecule has 1 fully saturated rings. The van der Waals surface area contributed by atoms with Crippen LogP contribution >= 0.6 is 22.9 Å². The van der Waals surface area contributed by atoms with E-state index in [0.717, 1.165) is 25.9 Å². The molecule has 0 aromatic heterocycles. The van der Waals surface area contributed by atoms with Crippen LogP contribution in [0.15, 0.2) is 0 Å². The van der Waals surface area contributed by atoms with Crippen molar-refractivity contribution in [2.24, 2.45) is 0 Å². The molecular weight excluding hydrogens is 277 g/mol. The summed E-state index contributed by atoms with van der Waals surface area (Å²) in [6, 6.07) is 0. The zero-order valence-electron chi connectivity index (χ0n) is 6.46. The van der Waals surface area contributed by atoms with Crippen LogP contribution in [0.2, 0.25) is 0 Å². The van der Waals surface area contributed by atoms with E-state index in [4.69, 9.17) is 0 Å². The Morgan fingerprint density at radius 2 is 1.82 bits per heavy atom. The minimum absolute atomic E-state index is 0.0893. The highest BCUT2D eigenvalue weighted by molar-refractivity contribution is 14.1. The van der Waals surface area contributed by atoms with Crippen molar-refractivity contribution in [3.8, 4) is 0 Å². The second-order valence-corrected chi connectivity index (χ2v) is 6.63. The van der Waals surface area contributed by atoms with Crippen molar-refractivity contribution in [3.05, 3.63) is 0 Å². The predicted octanol–water partition coefficient (Wildman–Crippen LogP) is 0.845. The third-order valence-electron chi connectivity index (χ3n) is 1.99. The van der Waals surface area contributed by atoms with Gasteiger partial charge >= 0.3 is 0 Å². The molecule has 0 bridgehead atoms. The van der Waals surface area contributed by atoms with E-state index in [0.29, 0.717) is 0 Å². The summed E-state index contributed by atoms with van der Waals surface area (Å²) >= 11 is 2.23. The van der Waals surface area contributed by atoms with Crippen molar-refractivity contribution in [1.29, 1.82) is 0 Å². The summed E-state index contributed by atoms with van der Waals surface area (Å²) in [6.07, 6.45) is 2.92. The number of hydrogen-bond acceptors (Lipinski definition) is 3. The molecule has 0 N–H and O–H groups in total. The normalized spacial score (nSPS) is 23.8. The molecule has 11 heavy (non-hydrogen) atoms. The molecule has 0 amide bonds. The van der Waals surface area contributed by atoms with Crippen LogP contribution in [0.1, 0.15) is 12.8 Å². The van der Waals surface area contributed by atoms with Crippen molar-refractivity contribution < 1.29 is 8.42 Å². The van der Waals surface area contributed by atoms with Crippen molar-refractivity contribution >= 4 is 32.7 Å². The quantitative estimate of drug-likeness (QED) is 0.530. The zero-order valence-corrected chi connectivity index (χ0v) is 9.43. The summed E-state index contributed by atoms with van der Waals surface area (Å²) < 4.78 is 24.3. The average molecular weight is 289 g/mol. The Morgan fingerprint density at radius 3 is 2.18 bits per heavy atom. The van der Waals surface area contributed by atoms with Gasteiger partial charge in [-0.05, 0) is 12.8 Å². The number of rotatable bonds is 1. The van der Waals surface area contributed by atoms with Gasteiger partial charge in [0.25, 0.3) is 0 Å². The summed E-state index contributed by atoms with van der Waals surface area (Å²) in [7, 11) is -2.78. The molecule has 0 spiro atoms. The minimum atomic E-state index is -2.78. The largest absolute Gasteiger partial charge is 0.247 e. The van der Waals surface area contributed by atoms with Crippen LogP contribution in [0, 0.1) is 0 Å². The highest BCUT2D eigenvalue weighted by Crippen LogP contribution is 2.18. The maximum absolute atomic E-state index is 11.1. The van der Waals surface area contributed by atoms with E-state index in [9.17, 15) is 8.42 Å². The molecule has 0 aromatic carbocycles. The van der Waals surface area contributed by atoms with Gasteiger partial charge in [0.2, 0.25) is 0 Å². The first-order chi connectivity index (χ1) is 5.00. The fraction of sp³-hybridized carbons (Fsp3) is 1.00. The molecule has 1 rings (SSSR count). The summed E-state index contributed by atoms with van der Waals surface area (Å²) in [5, 5.41) is -0.0893. The van der Waals surface area contributed by atoms with E-state index >= 15 is 0 Å². The molecular formula is C6H12INO2S. The number of halogens is 1. The summed E-state index contributed by atoms with van der Waals surface area (Å²) in [6.45, 7) is 1.80. The highest BCUT2D eigenvalue weighted by atomic mass is 127. The van der Waals surface area contributed by atoms with Crippen LogP contribution in [0.4, 0.5) is 0 Å². The molecule has 0 aromatic rings. The summed E-state index contributed by atoms with van der Waals surface area (Å²) in [5.41, 5.74) is 0. The molecule has 0 atom stereocenters. The Labute approximate surface area is 81.6 Å². The Balaban J connectivity index is 2.53. The smallest absolute Gasteiger partial charge is 0.150 e. The first kappa shape index (κ1) is 9.73. The molecule has 1 aliphatic heterocycles. The number of nitrogens with zero attached hydrogens (tertiary/aromatic N) is 1. The first-order valence-corrected chi connectivity index (χ1v) is 6.51. The first-order valence-electron chi connectivity index (χ1n) is 3.60. The van der Waals surface area contributed by atoms with Crippen molar-refractivity contribution in [2.45, 2.75) is 18.1 Å². The van der Waals surface area contributed by atoms with E-state index in [-0.39, 0.29) is 5.25 Å². The molecule has 0 aliphatic carbocycles. The van der Waals surface area contributed by atoms with Gasteiger partial charge in [0.15, 0.2) is 0 Å². The molecule has 0 radical (unpaired) electrons. The minimum Gasteiger partial charge on any atom is -0.247 e. The molecule has 1 aliphatic rings. The van der Waals surface area contributed by atoms with Gasteiger partial charge in [-0.2, -0.15) is 0 Å². The lowest BCUT2D eigenvalue weighted by atomic mass is 10.2. The van der Waals surface area contributed by atoms with Crippen molar-refractivity contribution in [1.82, 2.24) is 3.11 Å². The highest BCUT2D eigenvalue weighted by Gasteiger charge is 2.25. The van der Waals surface area contributed by atoms with Gasteiger partial charge < -0.3 is 0 Å². The molecule has 66 valence electrons. The lowest BCUT2D eigenvalue weighted by Crippen LogP contribution is -2.33. The monoisotopic (exact) mass is 289 g/mol. The van der Waals surface area contributed by atoms with Gasteiger partial charge in [-0.25, -0.2) is 11.5 Å². The van der Waals surface area contributed by atoms with E-state index in [2.05, 4.69) is 26.0 Å². The maximum atomic E-state index is 11.1. The molecule has 1 saturated heterocycles. The van der Waals surface area contributed by atoms with Crippen LogP contribution in [0.3, 0.4) is 0 Å². The van der Waals surface area contributed by atoms with E-state index in [1.807, 2.05) is 0 Å². The van der Waals surface area contributed by atoms with Gasteiger partial charge in [-0.15, -0.1) is 0 Å². The SMILES string of the molecule is CS(=O)(=O)C1CCN(I)CC1. The predicted molar refractivity (Wildman–Crippen MR) is 53.5 cm³/mol.